The lowest BCUT2D eigenvalue weighted by Gasteiger charge is -2.13. The smallest absolute Gasteiger partial charge is 0.181 e. The van der Waals surface area contributed by atoms with Crippen LogP contribution in [0.2, 0.25) is 0 Å². The first-order valence-electron chi connectivity index (χ1n) is 10.9. The molecule has 0 amide bonds. The van der Waals surface area contributed by atoms with Gasteiger partial charge in [-0.3, -0.25) is 9.56 Å². The van der Waals surface area contributed by atoms with E-state index in [1.807, 2.05) is 49.6 Å². The molecule has 0 aliphatic carbocycles. The second-order valence-electron chi connectivity index (χ2n) is 8.00. The van der Waals surface area contributed by atoms with E-state index in [1.54, 1.807) is 30.9 Å². The number of thiol groups is 1. The van der Waals surface area contributed by atoms with Gasteiger partial charge in [-0.25, -0.2) is 14.4 Å². The van der Waals surface area contributed by atoms with Crippen molar-refractivity contribution in [2.24, 2.45) is 10.9 Å². The number of rotatable bonds is 2. The maximum atomic E-state index is 14.9. The molecule has 5 rings (SSSR count). The summed E-state index contributed by atoms with van der Waals surface area (Å²) in [6, 6.07) is 12.4. The van der Waals surface area contributed by atoms with Crippen LogP contribution in [0.4, 0.5) is 4.39 Å². The largest absolute Gasteiger partial charge is 0.442 e. The van der Waals surface area contributed by atoms with Gasteiger partial charge in [0, 0.05) is 22.6 Å². The molecule has 2 aromatic carbocycles. The molecule has 1 atom stereocenters. The summed E-state index contributed by atoms with van der Waals surface area (Å²) in [6.07, 6.45) is 6.46. The zero-order valence-corrected chi connectivity index (χ0v) is 20.3. The number of aromatic nitrogens is 3. The number of hydrogen-bond acceptors (Lipinski definition) is 5. The number of aliphatic imine (C=N–C) groups is 1. The Morgan fingerprint density at radius 2 is 1.91 bits per heavy atom. The van der Waals surface area contributed by atoms with E-state index < -0.39 is 0 Å². The summed E-state index contributed by atoms with van der Waals surface area (Å²) in [5, 5.41) is 0. The van der Waals surface area contributed by atoms with Crippen molar-refractivity contribution in [1.82, 2.24) is 14.5 Å². The fraction of sp³-hybridized carbons (Fsp3) is 0.222. The van der Waals surface area contributed by atoms with Gasteiger partial charge >= 0.3 is 0 Å². The Morgan fingerprint density at radius 1 is 1.12 bits per heavy atom. The number of benzene rings is 2. The maximum Gasteiger partial charge on any atom is 0.181 e. The highest BCUT2D eigenvalue weighted by Gasteiger charge is 2.28. The van der Waals surface area contributed by atoms with Crippen molar-refractivity contribution in [3.05, 3.63) is 89.6 Å². The zero-order valence-electron chi connectivity index (χ0n) is 19.5. The van der Waals surface area contributed by atoms with Crippen molar-refractivity contribution in [3.63, 3.8) is 0 Å². The van der Waals surface area contributed by atoms with Crippen LogP contribution in [0, 0.1) is 23.6 Å². The van der Waals surface area contributed by atoms with Gasteiger partial charge < -0.3 is 4.42 Å². The normalized spacial score (nSPS) is 14.1. The van der Waals surface area contributed by atoms with Crippen molar-refractivity contribution in [2.75, 3.05) is 6.26 Å². The molecule has 0 radical (unpaired) electrons. The Morgan fingerprint density at radius 3 is 2.62 bits per heavy atom. The zero-order chi connectivity index (χ0) is 24.2. The molecule has 0 spiro atoms. The fourth-order valence-corrected chi connectivity index (χ4v) is 3.91. The lowest BCUT2D eigenvalue weighted by atomic mass is 9.97. The molecule has 0 fully saturated rings. The summed E-state index contributed by atoms with van der Waals surface area (Å²) in [5.41, 5.74) is 5.09. The Balaban J connectivity index is 0.00000133. The maximum absolute atomic E-state index is 14.9. The van der Waals surface area contributed by atoms with Crippen molar-refractivity contribution in [2.45, 2.75) is 26.8 Å². The molecule has 34 heavy (non-hydrogen) atoms. The number of nitrogens with zero attached hydrogens (tertiary/aromatic N) is 4. The molecule has 172 valence electrons. The number of imidazole rings is 1. The minimum Gasteiger partial charge on any atom is -0.442 e. The summed E-state index contributed by atoms with van der Waals surface area (Å²) in [6.45, 7) is 6.07. The van der Waals surface area contributed by atoms with Gasteiger partial charge in [-0.2, -0.15) is 12.6 Å². The van der Waals surface area contributed by atoms with Crippen molar-refractivity contribution < 1.29 is 8.81 Å². The van der Waals surface area contributed by atoms with Crippen LogP contribution in [0.1, 0.15) is 49.2 Å². The Labute approximate surface area is 204 Å². The van der Waals surface area contributed by atoms with Gasteiger partial charge in [0.15, 0.2) is 12.2 Å². The molecule has 1 aliphatic heterocycles. The van der Waals surface area contributed by atoms with Crippen LogP contribution in [0.25, 0.3) is 17.1 Å². The van der Waals surface area contributed by atoms with Crippen LogP contribution in [0.3, 0.4) is 0 Å². The monoisotopic (exact) mass is 472 g/mol. The second-order valence-corrected chi connectivity index (χ2v) is 8.00. The van der Waals surface area contributed by atoms with E-state index in [1.165, 1.54) is 12.5 Å². The third kappa shape index (κ3) is 4.42. The Kier molecular flexibility index (Phi) is 6.99. The van der Waals surface area contributed by atoms with Gasteiger partial charge in [0.05, 0.1) is 29.3 Å². The standard InChI is InChI=1S/C26H21FN4O.CH4S/c1-16(2)8-9-18-10-11-22-20(12-18)24(19-6-4-5-7-21(19)27)30-17(3)26-25(29-14-31(22)26)23-13-28-15-32-23;1-2/h4-7,10-17H,1-3H3;2H,1H3/t17-;/m0./s1. The molecule has 0 saturated carbocycles. The van der Waals surface area contributed by atoms with Crippen molar-refractivity contribution in [1.29, 1.82) is 0 Å². The van der Waals surface area contributed by atoms with Gasteiger partial charge in [-0.05, 0) is 43.5 Å². The summed E-state index contributed by atoms with van der Waals surface area (Å²) < 4.78 is 22.4. The highest BCUT2D eigenvalue weighted by atomic mass is 32.1. The minimum absolute atomic E-state index is 0.248. The molecule has 1 aliphatic rings. The van der Waals surface area contributed by atoms with E-state index in [2.05, 4.69) is 34.4 Å². The first-order valence-corrected chi connectivity index (χ1v) is 11.8. The lowest BCUT2D eigenvalue weighted by Crippen LogP contribution is -2.09. The van der Waals surface area contributed by atoms with Crippen molar-refractivity contribution >= 4 is 18.3 Å². The molecule has 0 N–H and O–H groups in total. The van der Waals surface area contributed by atoms with E-state index in [9.17, 15) is 4.39 Å². The lowest BCUT2D eigenvalue weighted by molar-refractivity contribution is 0.568. The van der Waals surface area contributed by atoms with Crippen LogP contribution >= 0.6 is 12.6 Å². The Hall–Kier alpha value is -3.63. The third-order valence-corrected chi connectivity index (χ3v) is 5.33. The highest BCUT2D eigenvalue weighted by molar-refractivity contribution is 7.79. The van der Waals surface area contributed by atoms with Gasteiger partial charge in [0.1, 0.15) is 17.8 Å². The average Bonchev–Trinajstić information content (AvgIpc) is 3.51. The van der Waals surface area contributed by atoms with Crippen LogP contribution in [-0.2, 0) is 0 Å². The number of hydrogen-bond donors (Lipinski definition) is 1. The van der Waals surface area contributed by atoms with E-state index in [0.29, 0.717) is 22.7 Å². The number of halogens is 1. The topological polar surface area (TPSA) is 56.2 Å². The van der Waals surface area contributed by atoms with Crippen LogP contribution in [-0.4, -0.2) is 26.5 Å². The van der Waals surface area contributed by atoms with Gasteiger partial charge in [0.25, 0.3) is 0 Å². The summed E-state index contributed by atoms with van der Waals surface area (Å²) in [5.74, 6) is 6.91. The molecule has 0 bridgehead atoms. The summed E-state index contributed by atoms with van der Waals surface area (Å²) in [4.78, 5) is 13.6. The average molecular weight is 473 g/mol. The number of oxazole rings is 1. The first-order chi connectivity index (χ1) is 16.5. The molecule has 0 saturated heterocycles. The van der Waals surface area contributed by atoms with E-state index >= 15 is 0 Å². The quantitative estimate of drug-likeness (QED) is 0.282. The van der Waals surface area contributed by atoms with Crippen LogP contribution in [0.15, 0.2) is 70.8 Å². The first kappa shape index (κ1) is 23.5. The van der Waals surface area contributed by atoms with E-state index in [0.717, 1.165) is 22.5 Å². The van der Waals surface area contributed by atoms with Gasteiger partial charge in [-0.1, -0.05) is 37.8 Å². The van der Waals surface area contributed by atoms with E-state index in [-0.39, 0.29) is 17.8 Å². The third-order valence-electron chi connectivity index (χ3n) is 5.33. The van der Waals surface area contributed by atoms with E-state index in [4.69, 9.17) is 9.41 Å². The number of fused-ring (bicyclic) bond motifs is 3. The molecular weight excluding hydrogens is 447 g/mol. The molecule has 3 heterocycles. The molecule has 2 aromatic heterocycles. The SMILES string of the molecule is CC(C)C#Cc1ccc2c(c1)C(c1ccccc1F)=N[C@@H](C)c1c(-c3cnco3)ncn1-2.CS. The molecule has 7 heteroatoms. The Bertz CT molecular complexity index is 1390. The minimum atomic E-state index is -0.316. The second kappa shape index (κ2) is 10.1. The molecule has 5 nitrogen and oxygen atoms in total. The predicted molar refractivity (Wildman–Crippen MR) is 136 cm³/mol. The summed E-state index contributed by atoms with van der Waals surface area (Å²) in [7, 11) is 0. The summed E-state index contributed by atoms with van der Waals surface area (Å²) >= 11 is 3.53. The molecule has 4 aromatic rings. The van der Waals surface area contributed by atoms with Gasteiger partial charge in [-0.15, -0.1) is 0 Å². The highest BCUT2D eigenvalue weighted by Crippen LogP contribution is 2.36. The van der Waals surface area contributed by atoms with Crippen LogP contribution < -0.4 is 0 Å². The fourth-order valence-electron chi connectivity index (χ4n) is 3.91. The molecular formula is C27H25FN4OS. The van der Waals surface area contributed by atoms with Gasteiger partial charge in [0.2, 0.25) is 0 Å². The molecule has 0 unspecified atom stereocenters. The van der Waals surface area contributed by atoms with Crippen LogP contribution in [0.5, 0.6) is 0 Å². The predicted octanol–water partition coefficient (Wildman–Crippen LogP) is 6.13. The van der Waals surface area contributed by atoms with Crippen molar-refractivity contribution in [3.8, 4) is 29.0 Å².